The van der Waals surface area contributed by atoms with Crippen LogP contribution in [0.3, 0.4) is 0 Å². The summed E-state index contributed by atoms with van der Waals surface area (Å²) in [5, 5.41) is 3.05. The molecule has 102 valence electrons. The first-order chi connectivity index (χ1) is 8.97. The minimum atomic E-state index is -0.0578. The van der Waals surface area contributed by atoms with Crippen molar-refractivity contribution in [1.29, 1.82) is 0 Å². The van der Waals surface area contributed by atoms with Gasteiger partial charge in [0.2, 0.25) is 0 Å². The molecule has 1 aromatic rings. The Kier molecular flexibility index (Phi) is 4.58. The van der Waals surface area contributed by atoms with Crippen molar-refractivity contribution < 1.29 is 4.79 Å². The van der Waals surface area contributed by atoms with E-state index in [0.29, 0.717) is 10.6 Å². The van der Waals surface area contributed by atoms with Crippen molar-refractivity contribution in [2.75, 3.05) is 0 Å². The Balaban J connectivity index is 2.10. The molecule has 0 saturated heterocycles. The number of hydrogen-bond acceptors (Lipinski definition) is 2. The van der Waals surface area contributed by atoms with Gasteiger partial charge in [0.1, 0.15) is 0 Å². The normalized spacial score (nSPS) is 22.2. The molecule has 2 unspecified atom stereocenters. The predicted octanol–water partition coefficient (Wildman–Crippen LogP) is 2.94. The minimum Gasteiger partial charge on any atom is -0.393 e. The van der Waals surface area contributed by atoms with Gasteiger partial charge in [-0.1, -0.05) is 34.6 Å². The average Bonchev–Trinajstić information content (AvgIpc) is 2.75. The van der Waals surface area contributed by atoms with Crippen LogP contribution in [0.2, 0.25) is 0 Å². The monoisotopic (exact) mass is 340 g/mol. The fourth-order valence-corrected chi connectivity index (χ4v) is 3.48. The third-order valence-electron chi connectivity index (χ3n) is 3.50. The fraction of sp³-hybridized carbons (Fsp3) is 0.429. The van der Waals surface area contributed by atoms with Crippen LogP contribution in [0.15, 0.2) is 22.7 Å². The van der Waals surface area contributed by atoms with Crippen LogP contribution in [0.5, 0.6) is 0 Å². The molecule has 2 atom stereocenters. The number of nitrogens with one attached hydrogen (secondary N) is 1. The zero-order chi connectivity index (χ0) is 14.0. The predicted molar refractivity (Wildman–Crippen MR) is 84.3 cm³/mol. The number of carbonyl (C=O) groups is 1. The van der Waals surface area contributed by atoms with Crippen molar-refractivity contribution in [2.45, 2.75) is 32.2 Å². The van der Waals surface area contributed by atoms with Gasteiger partial charge in [0.05, 0.1) is 4.99 Å². The number of aryl methyl sites for hydroxylation is 1. The number of hydrogen-bond donors (Lipinski definition) is 2. The standard InChI is InChI=1S/C14H17BrN2OS/c1-8-5-9(7-10(15)6-8)14(18)17-12-4-2-3-11(12)13(16)19/h5-7,11-12H,2-4H2,1H3,(H2,16,19)(H,17,18). The first kappa shape index (κ1) is 14.5. The highest BCUT2D eigenvalue weighted by Gasteiger charge is 2.30. The molecule has 0 radical (unpaired) electrons. The summed E-state index contributed by atoms with van der Waals surface area (Å²) in [6.07, 6.45) is 2.98. The van der Waals surface area contributed by atoms with Gasteiger partial charge in [0, 0.05) is 22.0 Å². The highest BCUT2D eigenvalue weighted by molar-refractivity contribution is 9.10. The lowest BCUT2D eigenvalue weighted by Gasteiger charge is -2.20. The van der Waals surface area contributed by atoms with Crippen LogP contribution in [0.25, 0.3) is 0 Å². The van der Waals surface area contributed by atoms with Crippen LogP contribution in [0.4, 0.5) is 0 Å². The second kappa shape index (κ2) is 6.01. The Morgan fingerprint density at radius 1 is 1.42 bits per heavy atom. The van der Waals surface area contributed by atoms with E-state index in [1.807, 2.05) is 25.1 Å². The molecular formula is C14H17BrN2OS. The van der Waals surface area contributed by atoms with Crippen molar-refractivity contribution in [1.82, 2.24) is 5.32 Å². The first-order valence-corrected chi connectivity index (χ1v) is 7.55. The number of halogens is 1. The van der Waals surface area contributed by atoms with Crippen molar-refractivity contribution >= 4 is 39.0 Å². The van der Waals surface area contributed by atoms with E-state index in [2.05, 4.69) is 21.2 Å². The van der Waals surface area contributed by atoms with Gasteiger partial charge in [-0.15, -0.1) is 0 Å². The molecule has 1 aliphatic rings. The highest BCUT2D eigenvalue weighted by Crippen LogP contribution is 2.26. The molecule has 1 fully saturated rings. The summed E-state index contributed by atoms with van der Waals surface area (Å²) >= 11 is 8.47. The van der Waals surface area contributed by atoms with Crippen LogP contribution in [0.1, 0.15) is 35.2 Å². The van der Waals surface area contributed by atoms with Crippen molar-refractivity contribution in [3.8, 4) is 0 Å². The van der Waals surface area contributed by atoms with E-state index < -0.39 is 0 Å². The Bertz CT molecular complexity index is 498. The number of rotatable bonds is 3. The zero-order valence-electron chi connectivity index (χ0n) is 10.8. The SMILES string of the molecule is Cc1cc(Br)cc(C(=O)NC2CCCC2C(N)=S)c1. The maximum absolute atomic E-state index is 12.3. The number of amides is 1. The largest absolute Gasteiger partial charge is 0.393 e. The maximum Gasteiger partial charge on any atom is 0.251 e. The fourth-order valence-electron chi connectivity index (χ4n) is 2.59. The summed E-state index contributed by atoms with van der Waals surface area (Å²) in [4.78, 5) is 12.8. The Morgan fingerprint density at radius 3 is 2.79 bits per heavy atom. The molecule has 3 N–H and O–H groups in total. The Hall–Kier alpha value is -0.940. The molecule has 5 heteroatoms. The van der Waals surface area contributed by atoms with Gasteiger partial charge >= 0.3 is 0 Å². The van der Waals surface area contributed by atoms with E-state index in [4.69, 9.17) is 18.0 Å². The summed E-state index contributed by atoms with van der Waals surface area (Å²) < 4.78 is 0.912. The molecule has 0 aromatic heterocycles. The lowest BCUT2D eigenvalue weighted by molar-refractivity contribution is 0.0933. The van der Waals surface area contributed by atoms with Crippen LogP contribution in [0, 0.1) is 12.8 Å². The second-order valence-corrected chi connectivity index (χ2v) is 6.42. The molecule has 1 aliphatic carbocycles. The summed E-state index contributed by atoms with van der Waals surface area (Å²) in [6.45, 7) is 1.97. The van der Waals surface area contributed by atoms with Crippen LogP contribution >= 0.6 is 28.1 Å². The summed E-state index contributed by atoms with van der Waals surface area (Å²) in [6, 6.07) is 5.76. The molecule has 1 saturated carbocycles. The van der Waals surface area contributed by atoms with Crippen LogP contribution < -0.4 is 11.1 Å². The van der Waals surface area contributed by atoms with E-state index in [-0.39, 0.29) is 17.9 Å². The molecule has 3 nitrogen and oxygen atoms in total. The lowest BCUT2D eigenvalue weighted by Crippen LogP contribution is -2.41. The topological polar surface area (TPSA) is 55.1 Å². The molecule has 0 spiro atoms. The smallest absolute Gasteiger partial charge is 0.251 e. The van der Waals surface area contributed by atoms with Gasteiger partial charge in [-0.05, 0) is 43.5 Å². The van der Waals surface area contributed by atoms with E-state index >= 15 is 0 Å². The molecule has 0 heterocycles. The third-order valence-corrected chi connectivity index (χ3v) is 4.26. The number of carbonyl (C=O) groups excluding carboxylic acids is 1. The van der Waals surface area contributed by atoms with Gasteiger partial charge in [-0.25, -0.2) is 0 Å². The van der Waals surface area contributed by atoms with Gasteiger partial charge in [-0.3, -0.25) is 4.79 Å². The van der Waals surface area contributed by atoms with Crippen molar-refractivity contribution in [3.05, 3.63) is 33.8 Å². The first-order valence-electron chi connectivity index (χ1n) is 6.35. The Labute approximate surface area is 127 Å². The second-order valence-electron chi connectivity index (χ2n) is 5.04. The number of thiocarbonyl (C=S) groups is 1. The molecule has 0 bridgehead atoms. The van der Waals surface area contributed by atoms with Gasteiger partial charge in [0.25, 0.3) is 5.91 Å². The molecule has 0 aliphatic heterocycles. The van der Waals surface area contributed by atoms with Crippen LogP contribution in [-0.4, -0.2) is 16.9 Å². The molecule has 1 aromatic carbocycles. The maximum atomic E-state index is 12.3. The van der Waals surface area contributed by atoms with E-state index in [0.717, 1.165) is 29.3 Å². The van der Waals surface area contributed by atoms with E-state index in [9.17, 15) is 4.79 Å². The van der Waals surface area contributed by atoms with Gasteiger partial charge in [-0.2, -0.15) is 0 Å². The average molecular weight is 341 g/mol. The van der Waals surface area contributed by atoms with Crippen LogP contribution in [-0.2, 0) is 0 Å². The van der Waals surface area contributed by atoms with Crippen molar-refractivity contribution in [3.63, 3.8) is 0 Å². The molecule has 2 rings (SSSR count). The summed E-state index contributed by atoms with van der Waals surface area (Å²) in [5.74, 6) is 0.0738. The summed E-state index contributed by atoms with van der Waals surface area (Å²) in [7, 11) is 0. The molecular weight excluding hydrogens is 324 g/mol. The quantitative estimate of drug-likeness (QED) is 0.831. The Morgan fingerprint density at radius 2 is 2.16 bits per heavy atom. The minimum absolute atomic E-state index is 0.0578. The van der Waals surface area contributed by atoms with Crippen molar-refractivity contribution in [2.24, 2.45) is 11.7 Å². The van der Waals surface area contributed by atoms with E-state index in [1.165, 1.54) is 0 Å². The van der Waals surface area contributed by atoms with E-state index in [1.54, 1.807) is 0 Å². The zero-order valence-corrected chi connectivity index (χ0v) is 13.2. The molecule has 1 amide bonds. The number of benzene rings is 1. The van der Waals surface area contributed by atoms with Gasteiger partial charge in [0.15, 0.2) is 0 Å². The summed E-state index contributed by atoms with van der Waals surface area (Å²) in [5.41, 5.74) is 7.44. The molecule has 19 heavy (non-hydrogen) atoms. The highest BCUT2D eigenvalue weighted by atomic mass is 79.9. The third kappa shape index (κ3) is 3.54. The number of nitrogens with two attached hydrogens (primary N) is 1. The van der Waals surface area contributed by atoms with Gasteiger partial charge < -0.3 is 11.1 Å². The lowest BCUT2D eigenvalue weighted by atomic mass is 10.0.